The second-order valence-electron chi connectivity index (χ2n) is 6.17. The second-order valence-corrected chi connectivity index (χ2v) is 7.68. The van der Waals surface area contributed by atoms with Gasteiger partial charge in [-0.3, -0.25) is 0 Å². The fraction of sp³-hybridized carbons (Fsp3) is 0.714. The molecule has 0 aliphatic carbocycles. The number of nitrogens with one attached hydrogen (secondary N) is 1. The van der Waals surface area contributed by atoms with Crippen LogP contribution in [0.1, 0.15) is 38.6 Å². The van der Waals surface area contributed by atoms with Gasteiger partial charge in [0.15, 0.2) is 0 Å². The highest BCUT2D eigenvalue weighted by molar-refractivity contribution is 7.99. The first kappa shape index (κ1) is 14.9. The van der Waals surface area contributed by atoms with Crippen LogP contribution >= 0.6 is 23.4 Å². The summed E-state index contributed by atoms with van der Waals surface area (Å²) in [5.41, 5.74) is 0.858. The molecular formula is C14H22ClN3S. The lowest BCUT2D eigenvalue weighted by Crippen LogP contribution is -2.20. The molecule has 106 valence electrons. The minimum Gasteiger partial charge on any atom is -0.369 e. The normalized spacial score (nSPS) is 19.7. The van der Waals surface area contributed by atoms with Gasteiger partial charge in [0, 0.05) is 17.5 Å². The first-order valence-electron chi connectivity index (χ1n) is 6.74. The lowest BCUT2D eigenvalue weighted by atomic mass is 9.95. The number of halogens is 1. The second kappa shape index (κ2) is 5.88. The molecule has 1 aliphatic heterocycles. The molecule has 1 aromatic rings. The zero-order valence-corrected chi connectivity index (χ0v) is 13.7. The van der Waals surface area contributed by atoms with Gasteiger partial charge in [-0.1, -0.05) is 32.4 Å². The summed E-state index contributed by atoms with van der Waals surface area (Å²) in [4.78, 5) is 9.05. The molecule has 0 radical (unpaired) electrons. The van der Waals surface area contributed by atoms with Gasteiger partial charge in [-0.25, -0.2) is 9.97 Å². The van der Waals surface area contributed by atoms with E-state index in [0.717, 1.165) is 29.7 Å². The summed E-state index contributed by atoms with van der Waals surface area (Å²) < 4.78 is 0. The fourth-order valence-corrected chi connectivity index (χ4v) is 3.44. The summed E-state index contributed by atoms with van der Waals surface area (Å²) >= 11 is 8.26. The van der Waals surface area contributed by atoms with Crippen molar-refractivity contribution in [3.05, 3.63) is 16.5 Å². The zero-order valence-electron chi connectivity index (χ0n) is 12.1. The summed E-state index contributed by atoms with van der Waals surface area (Å²) in [6, 6.07) is 0. The minimum absolute atomic E-state index is 0.0863. The highest BCUT2D eigenvalue weighted by atomic mass is 35.5. The van der Waals surface area contributed by atoms with Crippen LogP contribution in [0.25, 0.3) is 0 Å². The van der Waals surface area contributed by atoms with E-state index in [-0.39, 0.29) is 5.41 Å². The van der Waals surface area contributed by atoms with Crippen molar-refractivity contribution in [3.63, 3.8) is 0 Å². The van der Waals surface area contributed by atoms with E-state index in [1.54, 1.807) is 0 Å². The molecule has 0 aromatic carbocycles. The lowest BCUT2D eigenvalue weighted by molar-refractivity contribution is 0.544. The first-order valence-corrected chi connectivity index (χ1v) is 8.27. The van der Waals surface area contributed by atoms with E-state index in [1.165, 1.54) is 17.9 Å². The van der Waals surface area contributed by atoms with Gasteiger partial charge in [0.05, 0.1) is 0 Å². The molecular weight excluding hydrogens is 278 g/mol. The van der Waals surface area contributed by atoms with Gasteiger partial charge in [-0.2, -0.15) is 11.8 Å². The molecule has 0 saturated carbocycles. The van der Waals surface area contributed by atoms with E-state index in [4.69, 9.17) is 11.6 Å². The molecule has 19 heavy (non-hydrogen) atoms. The molecule has 3 nitrogen and oxygen atoms in total. The third kappa shape index (κ3) is 3.76. The van der Waals surface area contributed by atoms with E-state index < -0.39 is 0 Å². The molecule has 1 aromatic heterocycles. The van der Waals surface area contributed by atoms with Crippen LogP contribution in [-0.4, -0.2) is 28.0 Å². The zero-order chi connectivity index (χ0) is 14.0. The first-order chi connectivity index (χ1) is 8.88. The van der Waals surface area contributed by atoms with Crippen molar-refractivity contribution in [1.29, 1.82) is 0 Å². The average Bonchev–Trinajstić information content (AvgIpc) is 2.82. The van der Waals surface area contributed by atoms with Crippen LogP contribution in [0, 0.1) is 12.8 Å². The number of anilines is 1. The number of nitrogens with zero attached hydrogens (tertiary/aromatic N) is 2. The summed E-state index contributed by atoms with van der Waals surface area (Å²) in [5, 5.41) is 4.02. The molecule has 1 atom stereocenters. The number of thioether (sulfide) groups is 1. The minimum atomic E-state index is -0.0863. The summed E-state index contributed by atoms with van der Waals surface area (Å²) in [6.45, 7) is 9.26. The van der Waals surface area contributed by atoms with Gasteiger partial charge in [-0.15, -0.1) is 0 Å². The molecule has 1 unspecified atom stereocenters. The number of hydrogen-bond donors (Lipinski definition) is 1. The van der Waals surface area contributed by atoms with E-state index in [2.05, 4.69) is 36.1 Å². The van der Waals surface area contributed by atoms with Gasteiger partial charge >= 0.3 is 0 Å². The van der Waals surface area contributed by atoms with Crippen molar-refractivity contribution in [1.82, 2.24) is 9.97 Å². The molecule has 1 aliphatic rings. The average molecular weight is 300 g/mol. The van der Waals surface area contributed by atoms with Crippen LogP contribution in [-0.2, 0) is 5.41 Å². The molecule has 1 fully saturated rings. The Morgan fingerprint density at radius 2 is 2.11 bits per heavy atom. The van der Waals surface area contributed by atoms with Crippen LogP contribution in [0.2, 0.25) is 5.15 Å². The SMILES string of the molecule is Cc1c(Cl)nc(C(C)(C)C)nc1NCC1CCSC1. The topological polar surface area (TPSA) is 37.8 Å². The van der Waals surface area contributed by atoms with E-state index >= 15 is 0 Å². The maximum atomic E-state index is 6.23. The highest BCUT2D eigenvalue weighted by Crippen LogP contribution is 2.27. The molecule has 0 spiro atoms. The van der Waals surface area contributed by atoms with E-state index in [1.807, 2.05) is 18.7 Å². The molecule has 2 rings (SSSR count). The van der Waals surface area contributed by atoms with Crippen molar-refractivity contribution >= 4 is 29.2 Å². The van der Waals surface area contributed by atoms with Crippen LogP contribution in [0.15, 0.2) is 0 Å². The van der Waals surface area contributed by atoms with Crippen molar-refractivity contribution in [3.8, 4) is 0 Å². The Labute approximate surface area is 124 Å². The molecule has 1 saturated heterocycles. The molecule has 0 bridgehead atoms. The van der Waals surface area contributed by atoms with Crippen LogP contribution < -0.4 is 5.32 Å². The van der Waals surface area contributed by atoms with Gasteiger partial charge < -0.3 is 5.32 Å². The maximum Gasteiger partial charge on any atom is 0.137 e. The Hall–Kier alpha value is -0.480. The van der Waals surface area contributed by atoms with Crippen molar-refractivity contribution in [2.75, 3.05) is 23.4 Å². The van der Waals surface area contributed by atoms with Crippen molar-refractivity contribution in [2.45, 2.75) is 39.5 Å². The molecule has 5 heteroatoms. The van der Waals surface area contributed by atoms with Crippen LogP contribution in [0.4, 0.5) is 5.82 Å². The molecule has 2 heterocycles. The standard InChI is InChI=1S/C14H22ClN3S/c1-9-11(15)17-13(14(2,3)4)18-12(9)16-7-10-5-6-19-8-10/h10H,5-8H2,1-4H3,(H,16,17,18). The Kier molecular flexibility index (Phi) is 4.62. The summed E-state index contributed by atoms with van der Waals surface area (Å²) in [6.07, 6.45) is 1.29. The van der Waals surface area contributed by atoms with Crippen molar-refractivity contribution in [2.24, 2.45) is 5.92 Å². The Balaban J connectivity index is 2.16. The highest BCUT2D eigenvalue weighted by Gasteiger charge is 2.21. The van der Waals surface area contributed by atoms with Gasteiger partial charge in [-0.05, 0) is 30.8 Å². The quantitative estimate of drug-likeness (QED) is 0.859. The third-order valence-electron chi connectivity index (χ3n) is 3.34. The van der Waals surface area contributed by atoms with Crippen molar-refractivity contribution < 1.29 is 0 Å². The monoisotopic (exact) mass is 299 g/mol. The fourth-order valence-electron chi connectivity index (χ4n) is 1.98. The van der Waals surface area contributed by atoms with Gasteiger partial charge in [0.1, 0.15) is 16.8 Å². The Bertz CT molecular complexity index is 451. The van der Waals surface area contributed by atoms with Gasteiger partial charge in [0.2, 0.25) is 0 Å². The number of hydrogen-bond acceptors (Lipinski definition) is 4. The smallest absolute Gasteiger partial charge is 0.137 e. The third-order valence-corrected chi connectivity index (χ3v) is 4.94. The van der Waals surface area contributed by atoms with Crippen LogP contribution in [0.3, 0.4) is 0 Å². The largest absolute Gasteiger partial charge is 0.369 e. The summed E-state index contributed by atoms with van der Waals surface area (Å²) in [7, 11) is 0. The number of aromatic nitrogens is 2. The van der Waals surface area contributed by atoms with Crippen LogP contribution in [0.5, 0.6) is 0 Å². The molecule has 1 N–H and O–H groups in total. The number of rotatable bonds is 3. The maximum absolute atomic E-state index is 6.23. The Morgan fingerprint density at radius 3 is 2.68 bits per heavy atom. The van der Waals surface area contributed by atoms with E-state index in [9.17, 15) is 0 Å². The molecule has 0 amide bonds. The predicted molar refractivity (Wildman–Crippen MR) is 84.4 cm³/mol. The van der Waals surface area contributed by atoms with E-state index in [0.29, 0.717) is 5.15 Å². The Morgan fingerprint density at radius 1 is 1.37 bits per heavy atom. The van der Waals surface area contributed by atoms with Gasteiger partial charge in [0.25, 0.3) is 0 Å². The summed E-state index contributed by atoms with van der Waals surface area (Å²) in [5.74, 6) is 4.96. The predicted octanol–water partition coefficient (Wildman–Crippen LogP) is 3.90. The lowest BCUT2D eigenvalue weighted by Gasteiger charge is -2.20.